The van der Waals surface area contributed by atoms with Gasteiger partial charge in [-0.3, -0.25) is 0 Å². The first-order valence-electron chi connectivity index (χ1n) is 11.2. The Kier molecular flexibility index (Phi) is 4.35. The van der Waals surface area contributed by atoms with Crippen molar-refractivity contribution in [2.45, 2.75) is 23.7 Å². The molecule has 0 aliphatic heterocycles. The molecule has 2 bridgehead atoms. The van der Waals surface area contributed by atoms with Gasteiger partial charge in [0, 0.05) is 53.0 Å². The maximum atomic E-state index is 11.0. The van der Waals surface area contributed by atoms with E-state index in [0.717, 1.165) is 5.56 Å². The lowest BCUT2D eigenvalue weighted by atomic mass is 9.62. The second kappa shape index (κ2) is 7.24. The number of fused-ring (bicyclic) bond motifs is 7. The predicted octanol–water partition coefficient (Wildman–Crippen LogP) is 4.78. The zero-order valence-electron chi connectivity index (χ0n) is 18.3. The molecule has 4 atom stereocenters. The molecular weight excluding hydrogens is 448 g/mol. The number of hydrogen-bond donors (Lipinski definition) is 7. The lowest BCUT2D eigenvalue weighted by molar-refractivity contribution is 0.393. The number of rotatable bonds is 2. The van der Waals surface area contributed by atoms with E-state index < -0.39 is 23.7 Å². The number of hydrogen-bond acceptors (Lipinski definition) is 7. The maximum Gasteiger partial charge on any atom is 0.123 e. The third-order valence-electron chi connectivity index (χ3n) is 7.40. The molecule has 0 heterocycles. The molecule has 0 aromatic heterocycles. The van der Waals surface area contributed by atoms with Crippen molar-refractivity contribution < 1.29 is 35.7 Å². The van der Waals surface area contributed by atoms with Gasteiger partial charge in [-0.25, -0.2) is 0 Å². The van der Waals surface area contributed by atoms with Gasteiger partial charge in [-0.15, -0.1) is 0 Å². The van der Waals surface area contributed by atoms with E-state index >= 15 is 0 Å². The SMILES string of the molecule is Oc1ccc([C@@H]2c3c(O)cc(O)cc3[C@@H]3c4c(O)cc(O)cc4[C@H]2C3c2ccc(O)cc2O)cc1. The van der Waals surface area contributed by atoms with E-state index in [4.69, 9.17) is 0 Å². The van der Waals surface area contributed by atoms with Gasteiger partial charge in [0.15, 0.2) is 0 Å². The molecule has 6 rings (SSSR count). The molecule has 2 aliphatic rings. The van der Waals surface area contributed by atoms with E-state index in [0.29, 0.717) is 27.8 Å². The summed E-state index contributed by atoms with van der Waals surface area (Å²) in [5, 5.41) is 73.5. The van der Waals surface area contributed by atoms with Crippen molar-refractivity contribution in [2.24, 2.45) is 0 Å². The van der Waals surface area contributed by atoms with Crippen LogP contribution >= 0.6 is 0 Å². The highest BCUT2D eigenvalue weighted by molar-refractivity contribution is 5.69. The number of benzene rings is 4. The highest BCUT2D eigenvalue weighted by atomic mass is 16.3. The Labute approximate surface area is 200 Å². The van der Waals surface area contributed by atoms with Crippen LogP contribution < -0.4 is 0 Å². The summed E-state index contributed by atoms with van der Waals surface area (Å²) in [6.07, 6.45) is 0. The molecule has 0 amide bonds. The van der Waals surface area contributed by atoms with Gasteiger partial charge in [-0.1, -0.05) is 18.2 Å². The first-order chi connectivity index (χ1) is 16.7. The average molecular weight is 470 g/mol. The van der Waals surface area contributed by atoms with Gasteiger partial charge in [0.2, 0.25) is 0 Å². The second-order valence-corrected chi connectivity index (χ2v) is 9.28. The zero-order chi connectivity index (χ0) is 24.6. The quantitative estimate of drug-likeness (QED) is 0.223. The Morgan fingerprint density at radius 2 is 0.914 bits per heavy atom. The summed E-state index contributed by atoms with van der Waals surface area (Å²) in [5.41, 5.74) is 3.61. The summed E-state index contributed by atoms with van der Waals surface area (Å²) >= 11 is 0. The van der Waals surface area contributed by atoms with Crippen LogP contribution in [0.4, 0.5) is 0 Å². The second-order valence-electron chi connectivity index (χ2n) is 9.28. The minimum absolute atomic E-state index is 0.0763. The van der Waals surface area contributed by atoms with Gasteiger partial charge in [0.25, 0.3) is 0 Å². The highest BCUT2D eigenvalue weighted by Crippen LogP contribution is 2.69. The minimum Gasteiger partial charge on any atom is -0.508 e. The predicted molar refractivity (Wildman–Crippen MR) is 127 cm³/mol. The molecule has 0 saturated heterocycles. The smallest absolute Gasteiger partial charge is 0.123 e. The van der Waals surface area contributed by atoms with Crippen molar-refractivity contribution >= 4 is 0 Å². The molecule has 0 saturated carbocycles. The summed E-state index contributed by atoms with van der Waals surface area (Å²) in [6, 6.07) is 16.6. The highest BCUT2D eigenvalue weighted by Gasteiger charge is 2.54. The first-order valence-corrected chi connectivity index (χ1v) is 11.2. The summed E-state index contributed by atoms with van der Waals surface area (Å²) in [6.45, 7) is 0. The maximum absolute atomic E-state index is 11.0. The molecule has 0 radical (unpaired) electrons. The molecule has 0 spiro atoms. The molecule has 0 fully saturated rings. The van der Waals surface area contributed by atoms with Gasteiger partial charge in [-0.2, -0.15) is 0 Å². The van der Waals surface area contributed by atoms with Crippen LogP contribution in [0.15, 0.2) is 66.7 Å². The van der Waals surface area contributed by atoms with Crippen LogP contribution in [0.25, 0.3) is 0 Å². The van der Waals surface area contributed by atoms with Crippen LogP contribution in [-0.4, -0.2) is 35.7 Å². The Bertz CT molecular complexity index is 1490. The number of aromatic hydroxyl groups is 7. The number of phenolic OH excluding ortho intramolecular Hbond substituents is 7. The third-order valence-corrected chi connectivity index (χ3v) is 7.40. The third kappa shape index (κ3) is 2.98. The largest absolute Gasteiger partial charge is 0.508 e. The molecule has 176 valence electrons. The normalized spacial score (nSPS) is 21.9. The minimum atomic E-state index is -0.563. The van der Waals surface area contributed by atoms with Gasteiger partial charge >= 0.3 is 0 Å². The Hall–Kier alpha value is -4.52. The van der Waals surface area contributed by atoms with Gasteiger partial charge in [0.1, 0.15) is 40.2 Å². The van der Waals surface area contributed by atoms with Crippen molar-refractivity contribution in [3.8, 4) is 40.2 Å². The van der Waals surface area contributed by atoms with Crippen LogP contribution in [0, 0.1) is 0 Å². The first kappa shape index (κ1) is 21.0. The fourth-order valence-corrected chi connectivity index (χ4v) is 6.24. The molecule has 2 aliphatic carbocycles. The molecule has 7 N–H and O–H groups in total. The van der Waals surface area contributed by atoms with E-state index in [1.54, 1.807) is 42.5 Å². The van der Waals surface area contributed by atoms with Crippen LogP contribution in [0.1, 0.15) is 57.1 Å². The fourth-order valence-electron chi connectivity index (χ4n) is 6.24. The molecular formula is C28H22O7. The van der Waals surface area contributed by atoms with Crippen molar-refractivity contribution in [2.75, 3.05) is 0 Å². The van der Waals surface area contributed by atoms with Crippen LogP contribution in [0.3, 0.4) is 0 Å². The summed E-state index contributed by atoms with van der Waals surface area (Å²) in [5.74, 6) is -2.65. The molecule has 7 heteroatoms. The van der Waals surface area contributed by atoms with E-state index in [1.165, 1.54) is 24.3 Å². The fraction of sp³-hybridized carbons (Fsp3) is 0.143. The Morgan fingerprint density at radius 1 is 0.400 bits per heavy atom. The molecule has 35 heavy (non-hydrogen) atoms. The van der Waals surface area contributed by atoms with Crippen LogP contribution in [0.5, 0.6) is 40.2 Å². The molecule has 1 unspecified atom stereocenters. The molecule has 7 nitrogen and oxygen atoms in total. The lowest BCUT2D eigenvalue weighted by Crippen LogP contribution is -2.26. The Balaban J connectivity index is 1.74. The van der Waals surface area contributed by atoms with E-state index in [1.807, 2.05) is 0 Å². The molecule has 4 aromatic rings. The topological polar surface area (TPSA) is 142 Å². The summed E-state index contributed by atoms with van der Waals surface area (Å²) in [4.78, 5) is 0. The average Bonchev–Trinajstić information content (AvgIpc) is 3.04. The van der Waals surface area contributed by atoms with Crippen LogP contribution in [0.2, 0.25) is 0 Å². The van der Waals surface area contributed by atoms with E-state index in [-0.39, 0.29) is 40.2 Å². The monoisotopic (exact) mass is 470 g/mol. The van der Waals surface area contributed by atoms with Crippen molar-refractivity contribution in [1.29, 1.82) is 0 Å². The van der Waals surface area contributed by atoms with Crippen LogP contribution in [-0.2, 0) is 0 Å². The van der Waals surface area contributed by atoms with Crippen molar-refractivity contribution in [3.63, 3.8) is 0 Å². The standard InChI is InChI=1S/C28H22O7/c29-13-3-1-12(2-4-13)23-24-18(7-15(31)10-21(24)34)28-25-19(8-16(32)11-22(25)35)27(23)26(28)17-6-5-14(30)9-20(17)33/h1-11,23,26-35H/t23-,26?,27-,28-/m1/s1. The zero-order valence-corrected chi connectivity index (χ0v) is 18.3. The van der Waals surface area contributed by atoms with Gasteiger partial charge < -0.3 is 35.7 Å². The van der Waals surface area contributed by atoms with Gasteiger partial charge in [-0.05, 0) is 52.6 Å². The summed E-state index contributed by atoms with van der Waals surface area (Å²) in [7, 11) is 0. The van der Waals surface area contributed by atoms with E-state index in [9.17, 15) is 35.7 Å². The number of phenols is 7. The van der Waals surface area contributed by atoms with Gasteiger partial charge in [0.05, 0.1) is 0 Å². The molecule has 4 aromatic carbocycles. The van der Waals surface area contributed by atoms with Crippen molar-refractivity contribution in [1.82, 2.24) is 0 Å². The van der Waals surface area contributed by atoms with Crippen molar-refractivity contribution in [3.05, 3.63) is 100 Å². The van der Waals surface area contributed by atoms with E-state index in [2.05, 4.69) is 0 Å². The summed E-state index contributed by atoms with van der Waals surface area (Å²) < 4.78 is 0. The Morgan fingerprint density at radius 3 is 1.54 bits per heavy atom. The lowest BCUT2D eigenvalue weighted by Gasteiger charge is -2.40.